The molecule has 1 fully saturated rings. The summed E-state index contributed by atoms with van der Waals surface area (Å²) in [7, 11) is 1.44. The lowest BCUT2D eigenvalue weighted by atomic mass is 9.89. The summed E-state index contributed by atoms with van der Waals surface area (Å²) in [5.41, 5.74) is 5.43. The van der Waals surface area contributed by atoms with Crippen LogP contribution in [-0.2, 0) is 9.53 Å². The molecule has 1 heterocycles. The smallest absolute Gasteiger partial charge is 0.311 e. The van der Waals surface area contributed by atoms with Gasteiger partial charge < -0.3 is 15.4 Å². The number of nitrogens with zero attached hydrogens (tertiary/aromatic N) is 1. The highest BCUT2D eigenvalue weighted by Crippen LogP contribution is 2.23. The van der Waals surface area contributed by atoms with Crippen LogP contribution >= 0.6 is 12.4 Å². The molecule has 5 heteroatoms. The van der Waals surface area contributed by atoms with Crippen LogP contribution in [0.1, 0.15) is 26.7 Å². The van der Waals surface area contributed by atoms with Crippen molar-refractivity contribution in [2.24, 2.45) is 11.1 Å². The second-order valence-electron chi connectivity index (χ2n) is 4.97. The highest BCUT2D eigenvalue weighted by atomic mass is 35.5. The van der Waals surface area contributed by atoms with Crippen LogP contribution in [0.2, 0.25) is 0 Å². The Morgan fingerprint density at radius 3 is 2.62 bits per heavy atom. The van der Waals surface area contributed by atoms with Gasteiger partial charge in [0.2, 0.25) is 0 Å². The van der Waals surface area contributed by atoms with Gasteiger partial charge in [-0.1, -0.05) is 0 Å². The first kappa shape index (κ1) is 15.7. The molecule has 0 aliphatic carbocycles. The van der Waals surface area contributed by atoms with Gasteiger partial charge in [-0.05, 0) is 39.8 Å². The van der Waals surface area contributed by atoms with E-state index in [-0.39, 0.29) is 23.8 Å². The Labute approximate surface area is 104 Å². The van der Waals surface area contributed by atoms with Crippen LogP contribution in [0.25, 0.3) is 0 Å². The molecule has 1 aliphatic rings. The van der Waals surface area contributed by atoms with Crippen molar-refractivity contribution in [2.75, 3.05) is 26.7 Å². The Morgan fingerprint density at radius 2 is 2.19 bits per heavy atom. The third kappa shape index (κ3) is 4.28. The molecule has 1 unspecified atom stereocenters. The zero-order valence-electron chi connectivity index (χ0n) is 10.4. The Balaban J connectivity index is 0.00000225. The second kappa shape index (κ2) is 6.42. The van der Waals surface area contributed by atoms with Crippen molar-refractivity contribution < 1.29 is 9.53 Å². The molecular formula is C11H23ClN2O2. The van der Waals surface area contributed by atoms with Gasteiger partial charge in [0.25, 0.3) is 0 Å². The van der Waals surface area contributed by atoms with Gasteiger partial charge in [-0.15, -0.1) is 12.4 Å². The minimum Gasteiger partial charge on any atom is -0.469 e. The molecule has 0 bridgehead atoms. The van der Waals surface area contributed by atoms with E-state index >= 15 is 0 Å². The zero-order chi connectivity index (χ0) is 11.5. The van der Waals surface area contributed by atoms with Crippen molar-refractivity contribution in [3.05, 3.63) is 0 Å². The number of methoxy groups -OCH3 is 1. The van der Waals surface area contributed by atoms with Crippen LogP contribution in [-0.4, -0.2) is 43.7 Å². The Hall–Kier alpha value is -0.320. The fourth-order valence-corrected chi connectivity index (χ4v) is 1.88. The summed E-state index contributed by atoms with van der Waals surface area (Å²) in [5.74, 6) is -0.133. The Kier molecular flexibility index (Phi) is 6.30. The highest BCUT2D eigenvalue weighted by molar-refractivity contribution is 5.85. The number of ether oxygens (including phenoxy) is 1. The molecule has 2 N–H and O–H groups in total. The number of hydrogen-bond acceptors (Lipinski definition) is 4. The standard InChI is InChI=1S/C11H22N2O2.ClH/c1-11(2,10(14)15-3)5-7-13-6-4-9(12)8-13;/h9H,4-8,12H2,1-3H3;1H. The monoisotopic (exact) mass is 250 g/mol. The summed E-state index contributed by atoms with van der Waals surface area (Å²) in [6, 6.07) is 0.311. The van der Waals surface area contributed by atoms with E-state index in [1.54, 1.807) is 0 Å². The molecule has 1 rings (SSSR count). The van der Waals surface area contributed by atoms with E-state index in [4.69, 9.17) is 10.5 Å². The maximum atomic E-state index is 11.4. The van der Waals surface area contributed by atoms with Gasteiger partial charge >= 0.3 is 5.97 Å². The molecule has 0 aromatic carbocycles. The van der Waals surface area contributed by atoms with E-state index < -0.39 is 0 Å². The molecule has 1 atom stereocenters. The quantitative estimate of drug-likeness (QED) is 0.758. The molecule has 0 aromatic rings. The van der Waals surface area contributed by atoms with Crippen molar-refractivity contribution in [3.63, 3.8) is 0 Å². The Bertz CT molecular complexity index is 234. The van der Waals surface area contributed by atoms with E-state index in [1.807, 2.05) is 13.8 Å². The fraction of sp³-hybridized carbons (Fsp3) is 0.909. The van der Waals surface area contributed by atoms with Gasteiger partial charge in [0.1, 0.15) is 0 Å². The first-order valence-electron chi connectivity index (χ1n) is 5.52. The summed E-state index contributed by atoms with van der Waals surface area (Å²) in [6.45, 7) is 6.79. The van der Waals surface area contributed by atoms with Crippen LogP contribution in [0.3, 0.4) is 0 Å². The molecule has 1 aliphatic heterocycles. The summed E-state index contributed by atoms with van der Waals surface area (Å²) in [5, 5.41) is 0. The average Bonchev–Trinajstić information content (AvgIpc) is 2.60. The SMILES string of the molecule is COC(=O)C(C)(C)CCN1CCC(N)C1.Cl. The number of carbonyl (C=O) groups is 1. The first-order valence-corrected chi connectivity index (χ1v) is 5.52. The van der Waals surface area contributed by atoms with Crippen molar-refractivity contribution in [2.45, 2.75) is 32.7 Å². The lowest BCUT2D eigenvalue weighted by Crippen LogP contribution is -2.33. The highest BCUT2D eigenvalue weighted by Gasteiger charge is 2.30. The summed E-state index contributed by atoms with van der Waals surface area (Å²) in [6.07, 6.45) is 1.89. The molecule has 16 heavy (non-hydrogen) atoms. The van der Waals surface area contributed by atoms with Gasteiger partial charge in [0.15, 0.2) is 0 Å². The lowest BCUT2D eigenvalue weighted by Gasteiger charge is -2.24. The first-order chi connectivity index (χ1) is 6.95. The van der Waals surface area contributed by atoms with Crippen molar-refractivity contribution in [1.29, 1.82) is 0 Å². The molecule has 0 amide bonds. The number of halogens is 1. The van der Waals surface area contributed by atoms with Gasteiger partial charge in [-0.3, -0.25) is 4.79 Å². The number of carbonyl (C=O) groups excluding carboxylic acids is 1. The van der Waals surface area contributed by atoms with Crippen LogP contribution in [0.4, 0.5) is 0 Å². The van der Waals surface area contributed by atoms with Gasteiger partial charge in [0, 0.05) is 12.6 Å². The van der Waals surface area contributed by atoms with Crippen molar-refractivity contribution >= 4 is 18.4 Å². The minimum absolute atomic E-state index is 0. The van der Waals surface area contributed by atoms with E-state index in [0.29, 0.717) is 6.04 Å². The topological polar surface area (TPSA) is 55.6 Å². The third-order valence-electron chi connectivity index (χ3n) is 3.10. The van der Waals surface area contributed by atoms with E-state index in [9.17, 15) is 4.79 Å². The molecule has 0 spiro atoms. The molecule has 96 valence electrons. The average molecular weight is 251 g/mol. The summed E-state index contributed by atoms with van der Waals surface area (Å²) < 4.78 is 4.77. The minimum atomic E-state index is -0.387. The van der Waals surface area contributed by atoms with Crippen molar-refractivity contribution in [1.82, 2.24) is 4.90 Å². The number of esters is 1. The van der Waals surface area contributed by atoms with Crippen molar-refractivity contribution in [3.8, 4) is 0 Å². The van der Waals surface area contributed by atoms with Crippen LogP contribution in [0.15, 0.2) is 0 Å². The maximum Gasteiger partial charge on any atom is 0.311 e. The number of rotatable bonds is 4. The zero-order valence-corrected chi connectivity index (χ0v) is 11.2. The molecular weight excluding hydrogens is 228 g/mol. The van der Waals surface area contributed by atoms with E-state index in [1.165, 1.54) is 7.11 Å². The van der Waals surface area contributed by atoms with Gasteiger partial charge in [0.05, 0.1) is 12.5 Å². The lowest BCUT2D eigenvalue weighted by molar-refractivity contribution is -0.151. The molecule has 4 nitrogen and oxygen atoms in total. The normalized spacial score (nSPS) is 21.6. The molecule has 0 aromatic heterocycles. The van der Waals surface area contributed by atoms with E-state index in [0.717, 1.165) is 32.5 Å². The largest absolute Gasteiger partial charge is 0.469 e. The molecule has 1 saturated heterocycles. The predicted molar refractivity (Wildman–Crippen MR) is 66.7 cm³/mol. The van der Waals surface area contributed by atoms with Crippen LogP contribution < -0.4 is 5.73 Å². The second-order valence-corrected chi connectivity index (χ2v) is 4.97. The number of hydrogen-bond donors (Lipinski definition) is 1. The molecule has 0 saturated carbocycles. The third-order valence-corrected chi connectivity index (χ3v) is 3.10. The Morgan fingerprint density at radius 1 is 1.56 bits per heavy atom. The predicted octanol–water partition coefficient (Wildman–Crippen LogP) is 1.03. The summed E-state index contributed by atoms with van der Waals surface area (Å²) >= 11 is 0. The van der Waals surface area contributed by atoms with Gasteiger partial charge in [-0.25, -0.2) is 0 Å². The fourth-order valence-electron chi connectivity index (χ4n) is 1.88. The van der Waals surface area contributed by atoms with Crippen LogP contribution in [0.5, 0.6) is 0 Å². The van der Waals surface area contributed by atoms with Gasteiger partial charge in [-0.2, -0.15) is 0 Å². The summed E-state index contributed by atoms with van der Waals surface area (Å²) in [4.78, 5) is 13.8. The van der Waals surface area contributed by atoms with Crippen LogP contribution in [0, 0.1) is 5.41 Å². The van der Waals surface area contributed by atoms with E-state index in [2.05, 4.69) is 4.90 Å². The number of nitrogens with two attached hydrogens (primary N) is 1. The molecule has 0 radical (unpaired) electrons. The maximum absolute atomic E-state index is 11.4. The number of likely N-dealkylation sites (tertiary alicyclic amines) is 1.